The van der Waals surface area contributed by atoms with Gasteiger partial charge in [0.1, 0.15) is 5.75 Å². The first-order valence-electron chi connectivity index (χ1n) is 7.24. The van der Waals surface area contributed by atoms with E-state index in [2.05, 4.69) is 10.1 Å². The number of benzene rings is 2. The van der Waals surface area contributed by atoms with Crippen molar-refractivity contribution in [3.63, 3.8) is 0 Å². The Morgan fingerprint density at radius 3 is 2.08 bits per heavy atom. The van der Waals surface area contributed by atoms with E-state index in [0.717, 1.165) is 12.1 Å². The summed E-state index contributed by atoms with van der Waals surface area (Å²) in [6.07, 6.45) is -4.82. The van der Waals surface area contributed by atoms with Crippen LogP contribution in [0.15, 0.2) is 36.4 Å². The summed E-state index contributed by atoms with van der Waals surface area (Å²) in [5.74, 6) is -0.168. The molecule has 0 aliphatic heterocycles. The van der Waals surface area contributed by atoms with Crippen LogP contribution in [0.1, 0.15) is 10.4 Å². The molecule has 2 aromatic rings. The third kappa shape index (κ3) is 4.71. The van der Waals surface area contributed by atoms with Gasteiger partial charge >= 0.3 is 6.36 Å². The number of nitrogens with one attached hydrogen (secondary N) is 1. The lowest BCUT2D eigenvalue weighted by Crippen LogP contribution is -2.17. The van der Waals surface area contributed by atoms with Crippen LogP contribution < -0.4 is 24.3 Å². The fourth-order valence-electron chi connectivity index (χ4n) is 2.19. The molecule has 0 atom stereocenters. The van der Waals surface area contributed by atoms with Gasteiger partial charge in [-0.3, -0.25) is 4.79 Å². The van der Waals surface area contributed by atoms with E-state index in [1.165, 1.54) is 45.6 Å². The highest BCUT2D eigenvalue weighted by molar-refractivity contribution is 6.05. The summed E-state index contributed by atoms with van der Waals surface area (Å²) in [5.41, 5.74) is 0.298. The molecule has 0 radical (unpaired) electrons. The van der Waals surface area contributed by atoms with Gasteiger partial charge in [0.05, 0.1) is 21.3 Å². The van der Waals surface area contributed by atoms with Crippen molar-refractivity contribution >= 4 is 11.6 Å². The molecule has 0 unspecified atom stereocenters. The topological polar surface area (TPSA) is 66.0 Å². The number of rotatable bonds is 6. The van der Waals surface area contributed by atoms with Gasteiger partial charge in [-0.05, 0) is 24.3 Å². The van der Waals surface area contributed by atoms with Crippen molar-refractivity contribution in [1.82, 2.24) is 0 Å². The Morgan fingerprint density at radius 2 is 1.58 bits per heavy atom. The molecule has 0 aliphatic rings. The van der Waals surface area contributed by atoms with E-state index in [4.69, 9.17) is 14.2 Å². The zero-order valence-electron chi connectivity index (χ0n) is 14.1. The van der Waals surface area contributed by atoms with Gasteiger partial charge < -0.3 is 24.3 Å². The molecule has 0 saturated carbocycles. The smallest absolute Gasteiger partial charge is 0.493 e. The number of hydrogen-bond acceptors (Lipinski definition) is 5. The van der Waals surface area contributed by atoms with Gasteiger partial charge in [-0.2, -0.15) is 0 Å². The Labute approximate surface area is 147 Å². The van der Waals surface area contributed by atoms with Crippen molar-refractivity contribution in [1.29, 1.82) is 0 Å². The Hall–Kier alpha value is -3.10. The van der Waals surface area contributed by atoms with Crippen molar-refractivity contribution in [3.8, 4) is 23.0 Å². The first-order valence-corrected chi connectivity index (χ1v) is 7.24. The molecule has 26 heavy (non-hydrogen) atoms. The summed E-state index contributed by atoms with van der Waals surface area (Å²) in [6.45, 7) is 0. The Balaban J connectivity index is 2.26. The van der Waals surface area contributed by atoms with Gasteiger partial charge in [0, 0.05) is 17.3 Å². The average Bonchev–Trinajstić information content (AvgIpc) is 2.59. The molecule has 2 rings (SSSR count). The number of hydrogen-bond donors (Lipinski definition) is 1. The lowest BCUT2D eigenvalue weighted by atomic mass is 10.1. The molecule has 0 spiro atoms. The maximum Gasteiger partial charge on any atom is 0.573 e. The monoisotopic (exact) mass is 371 g/mol. The lowest BCUT2D eigenvalue weighted by Gasteiger charge is -2.14. The van der Waals surface area contributed by atoms with E-state index in [1.807, 2.05) is 0 Å². The molecular weight excluding hydrogens is 355 g/mol. The summed E-state index contributed by atoms with van der Waals surface area (Å²) < 4.78 is 56.2. The van der Waals surface area contributed by atoms with Gasteiger partial charge in [0.25, 0.3) is 5.91 Å². The van der Waals surface area contributed by atoms with Crippen LogP contribution in [0.3, 0.4) is 0 Å². The third-order valence-electron chi connectivity index (χ3n) is 3.25. The normalized spacial score (nSPS) is 10.8. The third-order valence-corrected chi connectivity index (χ3v) is 3.25. The number of carbonyl (C=O) groups excluding carboxylic acids is 1. The summed E-state index contributed by atoms with van der Waals surface area (Å²) in [6, 6.07) is 7.79. The second kappa shape index (κ2) is 7.85. The van der Waals surface area contributed by atoms with Crippen LogP contribution >= 0.6 is 0 Å². The Bertz CT molecular complexity index is 767. The molecule has 9 heteroatoms. The Kier molecular flexibility index (Phi) is 5.81. The molecule has 1 amide bonds. The van der Waals surface area contributed by atoms with E-state index < -0.39 is 18.0 Å². The number of amides is 1. The molecule has 0 bridgehead atoms. The largest absolute Gasteiger partial charge is 0.573 e. The zero-order valence-corrected chi connectivity index (χ0v) is 14.1. The molecule has 2 aromatic carbocycles. The average molecular weight is 371 g/mol. The minimum absolute atomic E-state index is 0.130. The van der Waals surface area contributed by atoms with Crippen molar-refractivity contribution in [3.05, 3.63) is 42.0 Å². The summed E-state index contributed by atoms with van der Waals surface area (Å²) in [7, 11) is 4.22. The number of halogens is 3. The Morgan fingerprint density at radius 1 is 0.962 bits per heavy atom. The van der Waals surface area contributed by atoms with Crippen LogP contribution in [0.5, 0.6) is 23.0 Å². The second-order valence-corrected chi connectivity index (χ2v) is 4.94. The quantitative estimate of drug-likeness (QED) is 0.835. The van der Waals surface area contributed by atoms with Crippen molar-refractivity contribution < 1.29 is 36.9 Å². The van der Waals surface area contributed by atoms with Crippen molar-refractivity contribution in [2.24, 2.45) is 0 Å². The molecule has 1 N–H and O–H groups in total. The predicted molar refractivity (Wildman–Crippen MR) is 87.2 cm³/mol. The highest BCUT2D eigenvalue weighted by atomic mass is 19.4. The van der Waals surface area contributed by atoms with Crippen LogP contribution in [-0.4, -0.2) is 33.6 Å². The fourth-order valence-corrected chi connectivity index (χ4v) is 2.19. The van der Waals surface area contributed by atoms with Crippen LogP contribution in [0.4, 0.5) is 18.9 Å². The van der Waals surface area contributed by atoms with Crippen molar-refractivity contribution in [2.45, 2.75) is 6.36 Å². The van der Waals surface area contributed by atoms with Crippen LogP contribution in [0.25, 0.3) is 0 Å². The maximum absolute atomic E-state index is 12.4. The van der Waals surface area contributed by atoms with Crippen LogP contribution in [-0.2, 0) is 0 Å². The molecule has 0 saturated heterocycles. The lowest BCUT2D eigenvalue weighted by molar-refractivity contribution is -0.274. The number of ether oxygens (including phenoxy) is 4. The first-order chi connectivity index (χ1) is 12.3. The summed E-state index contributed by atoms with van der Waals surface area (Å²) in [4.78, 5) is 12.4. The maximum atomic E-state index is 12.4. The van der Waals surface area contributed by atoms with Gasteiger partial charge in [0.2, 0.25) is 5.75 Å². The van der Waals surface area contributed by atoms with E-state index in [1.54, 1.807) is 0 Å². The van der Waals surface area contributed by atoms with Gasteiger partial charge in [-0.1, -0.05) is 6.07 Å². The molecule has 140 valence electrons. The van der Waals surface area contributed by atoms with Gasteiger partial charge in [-0.25, -0.2) is 0 Å². The highest BCUT2D eigenvalue weighted by Crippen LogP contribution is 2.38. The predicted octanol–water partition coefficient (Wildman–Crippen LogP) is 3.86. The summed E-state index contributed by atoms with van der Waals surface area (Å²) in [5, 5.41) is 2.49. The number of methoxy groups -OCH3 is 3. The van der Waals surface area contributed by atoms with Gasteiger partial charge in [-0.15, -0.1) is 13.2 Å². The molecule has 0 aliphatic carbocycles. The first kappa shape index (κ1) is 19.2. The number of anilines is 1. The SMILES string of the molecule is COc1cc(C(=O)Nc2cccc(OC(F)(F)F)c2)cc(OC)c1OC. The molecule has 0 fully saturated rings. The van der Waals surface area contributed by atoms with E-state index >= 15 is 0 Å². The van der Waals surface area contributed by atoms with Crippen LogP contribution in [0, 0.1) is 0 Å². The van der Waals surface area contributed by atoms with E-state index in [0.29, 0.717) is 5.75 Å². The number of alkyl halides is 3. The summed E-state index contributed by atoms with van der Waals surface area (Å²) >= 11 is 0. The molecule has 0 aromatic heterocycles. The minimum atomic E-state index is -4.82. The number of carbonyl (C=O) groups is 1. The van der Waals surface area contributed by atoms with Gasteiger partial charge in [0.15, 0.2) is 11.5 Å². The minimum Gasteiger partial charge on any atom is -0.493 e. The second-order valence-electron chi connectivity index (χ2n) is 4.94. The van der Waals surface area contributed by atoms with Crippen molar-refractivity contribution in [2.75, 3.05) is 26.6 Å². The zero-order chi connectivity index (χ0) is 19.3. The fraction of sp³-hybridized carbons (Fsp3) is 0.235. The standard InChI is InChI=1S/C17H16F3NO5/c1-23-13-7-10(8-14(24-2)15(13)25-3)16(22)21-11-5-4-6-12(9-11)26-17(18,19)20/h4-9H,1-3H3,(H,21,22). The van der Waals surface area contributed by atoms with E-state index in [9.17, 15) is 18.0 Å². The highest BCUT2D eigenvalue weighted by Gasteiger charge is 2.31. The molecule has 0 heterocycles. The van der Waals surface area contributed by atoms with E-state index in [-0.39, 0.29) is 22.7 Å². The van der Waals surface area contributed by atoms with Crippen LogP contribution in [0.2, 0.25) is 0 Å². The molecule has 6 nitrogen and oxygen atoms in total. The molecular formula is C17H16F3NO5.